The molecular weight excluding hydrogens is 266 g/mol. The monoisotopic (exact) mass is 283 g/mol. The summed E-state index contributed by atoms with van der Waals surface area (Å²) in [6.07, 6.45) is 1.76. The van der Waals surface area contributed by atoms with E-state index in [-0.39, 0.29) is 10.6 Å². The van der Waals surface area contributed by atoms with Crippen LogP contribution in [0.3, 0.4) is 0 Å². The minimum atomic E-state index is -3.08. The minimum Gasteiger partial charge on any atom is -0.295 e. The van der Waals surface area contributed by atoms with Gasteiger partial charge >= 0.3 is 0 Å². The first-order valence-electron chi connectivity index (χ1n) is 6.31. The Hall–Kier alpha value is -0.520. The average Bonchev–Trinajstić information content (AvgIpc) is 2.80. The van der Waals surface area contributed by atoms with Crippen molar-refractivity contribution in [3.8, 4) is 0 Å². The molecule has 2 atom stereocenters. The van der Waals surface area contributed by atoms with Crippen LogP contribution >= 0.6 is 11.8 Å². The van der Waals surface area contributed by atoms with Crippen molar-refractivity contribution >= 4 is 21.6 Å². The third-order valence-electron chi connectivity index (χ3n) is 3.84. The van der Waals surface area contributed by atoms with E-state index >= 15 is 0 Å². The third-order valence-corrected chi connectivity index (χ3v) is 7.21. The molecule has 3 nitrogen and oxygen atoms in total. The van der Waals surface area contributed by atoms with E-state index in [0.29, 0.717) is 17.4 Å². The molecule has 1 N–H and O–H groups in total. The molecule has 2 aliphatic heterocycles. The molecule has 1 aromatic carbocycles. The largest absolute Gasteiger partial charge is 0.295 e. The van der Waals surface area contributed by atoms with Crippen LogP contribution in [0.15, 0.2) is 29.2 Å². The van der Waals surface area contributed by atoms with Crippen molar-refractivity contribution in [2.45, 2.75) is 35.6 Å². The Bertz CT molecular complexity index is 570. The van der Waals surface area contributed by atoms with E-state index in [1.54, 1.807) is 6.07 Å². The zero-order valence-electron chi connectivity index (χ0n) is 10.3. The summed E-state index contributed by atoms with van der Waals surface area (Å²) in [5.41, 5.74) is 0.956. The van der Waals surface area contributed by atoms with E-state index in [0.717, 1.165) is 17.7 Å². The molecule has 0 aliphatic carbocycles. The number of nitrogens with one attached hydrogen (secondary N) is 1. The van der Waals surface area contributed by atoms with Crippen molar-refractivity contribution < 1.29 is 8.42 Å². The molecule has 98 valence electrons. The molecule has 0 bridgehead atoms. The molecule has 1 saturated heterocycles. The quantitative estimate of drug-likeness (QED) is 0.857. The van der Waals surface area contributed by atoms with Crippen molar-refractivity contribution in [1.29, 1.82) is 0 Å². The van der Waals surface area contributed by atoms with Gasteiger partial charge in [-0.3, -0.25) is 5.32 Å². The first kappa shape index (κ1) is 12.5. The van der Waals surface area contributed by atoms with Crippen molar-refractivity contribution in [1.82, 2.24) is 5.32 Å². The number of hydrogen-bond donors (Lipinski definition) is 1. The lowest BCUT2D eigenvalue weighted by Crippen LogP contribution is -2.44. The molecule has 0 amide bonds. The van der Waals surface area contributed by atoms with E-state index in [9.17, 15) is 8.42 Å². The first-order valence-corrected chi connectivity index (χ1v) is 8.95. The van der Waals surface area contributed by atoms with Crippen LogP contribution in [-0.4, -0.2) is 26.0 Å². The zero-order valence-corrected chi connectivity index (χ0v) is 12.0. The van der Waals surface area contributed by atoms with Crippen LogP contribution in [0.25, 0.3) is 0 Å². The number of hydrogen-bond acceptors (Lipinski definition) is 4. The van der Waals surface area contributed by atoms with Gasteiger partial charge in [-0.2, -0.15) is 0 Å². The predicted octanol–water partition coefficient (Wildman–Crippen LogP) is 2.13. The van der Waals surface area contributed by atoms with E-state index in [4.69, 9.17) is 0 Å². The molecule has 0 aromatic heterocycles. The number of thioether (sulfide) groups is 1. The Morgan fingerprint density at radius 1 is 1.44 bits per heavy atom. The molecule has 18 heavy (non-hydrogen) atoms. The lowest BCUT2D eigenvalue weighted by Gasteiger charge is -2.35. The van der Waals surface area contributed by atoms with E-state index < -0.39 is 9.84 Å². The van der Waals surface area contributed by atoms with Crippen LogP contribution in [0.1, 0.15) is 25.3 Å². The maximum Gasteiger partial charge on any atom is 0.178 e. The van der Waals surface area contributed by atoms with E-state index in [1.807, 2.05) is 30.0 Å². The summed E-state index contributed by atoms with van der Waals surface area (Å²) in [5, 5.41) is 3.65. The lowest BCUT2D eigenvalue weighted by molar-refractivity contribution is 0.417. The van der Waals surface area contributed by atoms with Gasteiger partial charge in [-0.25, -0.2) is 8.42 Å². The highest BCUT2D eigenvalue weighted by molar-refractivity contribution is 8.00. The number of rotatable bonds is 1. The molecule has 1 fully saturated rings. The second-order valence-corrected chi connectivity index (χ2v) is 8.35. The molecule has 0 radical (unpaired) electrons. The van der Waals surface area contributed by atoms with E-state index in [1.165, 1.54) is 0 Å². The second kappa shape index (κ2) is 4.25. The molecule has 2 heterocycles. The van der Waals surface area contributed by atoms with Crippen LogP contribution in [-0.2, 0) is 14.7 Å². The zero-order chi connectivity index (χ0) is 12.8. The Balaban J connectivity index is 2.11. The van der Waals surface area contributed by atoms with Crippen LogP contribution < -0.4 is 5.32 Å². The molecule has 0 saturated carbocycles. The van der Waals surface area contributed by atoms with Gasteiger partial charge in [-0.15, -0.1) is 11.8 Å². The molecule has 2 aliphatic rings. The van der Waals surface area contributed by atoms with Crippen LogP contribution in [0.5, 0.6) is 0 Å². The number of fused-ring (bicyclic) bond motifs is 2. The SMILES string of the molecule is CCC1CSC2(CCS(=O)(=O)c3ccccc32)N1. The number of benzene rings is 1. The Kier molecular flexibility index (Phi) is 2.95. The van der Waals surface area contributed by atoms with Crippen molar-refractivity contribution in [3.05, 3.63) is 29.8 Å². The van der Waals surface area contributed by atoms with Crippen molar-refractivity contribution in [2.24, 2.45) is 0 Å². The highest BCUT2D eigenvalue weighted by Crippen LogP contribution is 2.48. The van der Waals surface area contributed by atoms with Crippen LogP contribution in [0, 0.1) is 0 Å². The lowest BCUT2D eigenvalue weighted by atomic mass is 10.0. The highest BCUT2D eigenvalue weighted by Gasteiger charge is 2.46. The Morgan fingerprint density at radius 3 is 2.94 bits per heavy atom. The smallest absolute Gasteiger partial charge is 0.178 e. The van der Waals surface area contributed by atoms with E-state index in [2.05, 4.69) is 12.2 Å². The van der Waals surface area contributed by atoms with Gasteiger partial charge in [-0.1, -0.05) is 25.1 Å². The number of sulfone groups is 1. The summed E-state index contributed by atoms with van der Waals surface area (Å²) >= 11 is 1.87. The van der Waals surface area contributed by atoms with Gasteiger partial charge in [-0.05, 0) is 18.9 Å². The van der Waals surface area contributed by atoms with Crippen molar-refractivity contribution in [3.63, 3.8) is 0 Å². The predicted molar refractivity (Wildman–Crippen MR) is 74.5 cm³/mol. The van der Waals surface area contributed by atoms with Crippen molar-refractivity contribution in [2.75, 3.05) is 11.5 Å². The summed E-state index contributed by atoms with van der Waals surface area (Å²) < 4.78 is 24.3. The maximum atomic E-state index is 12.1. The minimum absolute atomic E-state index is 0.178. The van der Waals surface area contributed by atoms with Gasteiger partial charge in [0.05, 0.1) is 15.5 Å². The Labute approximate surface area is 112 Å². The molecule has 1 spiro atoms. The van der Waals surface area contributed by atoms with Crippen LogP contribution in [0.2, 0.25) is 0 Å². The summed E-state index contributed by atoms with van der Waals surface area (Å²) in [6.45, 7) is 2.17. The summed E-state index contributed by atoms with van der Waals surface area (Å²) in [6, 6.07) is 7.94. The van der Waals surface area contributed by atoms with Gasteiger partial charge in [0.1, 0.15) is 0 Å². The van der Waals surface area contributed by atoms with Gasteiger partial charge in [0.25, 0.3) is 0 Å². The second-order valence-electron chi connectivity index (χ2n) is 4.95. The average molecular weight is 283 g/mol. The molecule has 5 heteroatoms. The molecule has 1 aromatic rings. The summed E-state index contributed by atoms with van der Waals surface area (Å²) in [7, 11) is -3.08. The van der Waals surface area contributed by atoms with Gasteiger partial charge in [0.15, 0.2) is 9.84 Å². The molecule has 2 unspecified atom stereocenters. The topological polar surface area (TPSA) is 46.2 Å². The fraction of sp³-hybridized carbons (Fsp3) is 0.538. The Morgan fingerprint density at radius 2 is 2.22 bits per heavy atom. The highest BCUT2D eigenvalue weighted by atomic mass is 32.2. The normalized spacial score (nSPS) is 33.5. The maximum absolute atomic E-state index is 12.1. The fourth-order valence-corrected chi connectivity index (χ4v) is 6.26. The van der Waals surface area contributed by atoms with Gasteiger partial charge in [0, 0.05) is 17.4 Å². The summed E-state index contributed by atoms with van der Waals surface area (Å²) in [5.74, 6) is 1.31. The fourth-order valence-electron chi connectivity index (χ4n) is 2.77. The van der Waals surface area contributed by atoms with Gasteiger partial charge in [0.2, 0.25) is 0 Å². The van der Waals surface area contributed by atoms with Gasteiger partial charge < -0.3 is 0 Å². The molecule has 3 rings (SSSR count). The summed E-state index contributed by atoms with van der Waals surface area (Å²) in [4.78, 5) is 0.343. The third kappa shape index (κ3) is 1.80. The first-order chi connectivity index (χ1) is 8.57. The molecular formula is C13H17NO2S2. The standard InChI is InChI=1S/C13H17NO2S2/c1-2-10-9-17-13(14-10)7-8-18(15,16)12-6-4-3-5-11(12)13/h3-6,10,14H,2,7-9H2,1H3. The van der Waals surface area contributed by atoms with Crippen LogP contribution in [0.4, 0.5) is 0 Å².